The van der Waals surface area contributed by atoms with Crippen LogP contribution < -0.4 is 5.32 Å². The molecule has 92 valence electrons. The molecule has 2 heterocycles. The Hall–Kier alpha value is -0.750. The molecule has 0 bridgehead atoms. The summed E-state index contributed by atoms with van der Waals surface area (Å²) in [6, 6.07) is 10.4. The zero-order chi connectivity index (χ0) is 12.4. The third kappa shape index (κ3) is 2.80. The second-order valence-electron chi connectivity index (χ2n) is 3.91. The van der Waals surface area contributed by atoms with Crippen molar-refractivity contribution >= 4 is 48.8 Å². The molecule has 1 N–H and O–H groups in total. The van der Waals surface area contributed by atoms with Crippen LogP contribution in [0.25, 0.3) is 10.2 Å². The highest BCUT2D eigenvalue weighted by Gasteiger charge is 2.03. The molecular weight excluding hydrogens is 328 g/mol. The fourth-order valence-corrected chi connectivity index (χ4v) is 4.09. The Morgan fingerprint density at radius 2 is 2.11 bits per heavy atom. The highest BCUT2D eigenvalue weighted by Crippen LogP contribution is 2.22. The van der Waals surface area contributed by atoms with E-state index in [1.807, 2.05) is 6.07 Å². The van der Waals surface area contributed by atoms with E-state index in [1.54, 1.807) is 22.7 Å². The van der Waals surface area contributed by atoms with E-state index in [9.17, 15) is 0 Å². The van der Waals surface area contributed by atoms with Gasteiger partial charge in [-0.15, -0.1) is 22.7 Å². The molecule has 2 nitrogen and oxygen atoms in total. The standard InChI is InChI=1S/C13H11BrN2S2/c14-9-5-10(17-8-9)6-15-7-13-16-11-3-1-2-4-12(11)18-13/h1-5,8,15H,6-7H2. The Morgan fingerprint density at radius 3 is 2.89 bits per heavy atom. The summed E-state index contributed by atoms with van der Waals surface area (Å²) in [4.78, 5) is 5.94. The molecule has 0 amide bonds. The maximum atomic E-state index is 4.60. The van der Waals surface area contributed by atoms with Crippen LogP contribution in [0, 0.1) is 0 Å². The van der Waals surface area contributed by atoms with Gasteiger partial charge in [0.1, 0.15) is 5.01 Å². The predicted octanol–water partition coefficient (Wildman–Crippen LogP) is 4.41. The Labute approximate surface area is 122 Å². The monoisotopic (exact) mass is 338 g/mol. The molecule has 0 aliphatic carbocycles. The van der Waals surface area contributed by atoms with Gasteiger partial charge in [-0.3, -0.25) is 0 Å². The quantitative estimate of drug-likeness (QED) is 0.762. The minimum atomic E-state index is 0.828. The van der Waals surface area contributed by atoms with Crippen molar-refractivity contribution in [2.45, 2.75) is 13.1 Å². The molecule has 0 fully saturated rings. The number of aromatic nitrogens is 1. The first-order chi connectivity index (χ1) is 8.81. The Balaban J connectivity index is 1.62. The zero-order valence-electron chi connectivity index (χ0n) is 9.52. The number of nitrogens with zero attached hydrogens (tertiary/aromatic N) is 1. The van der Waals surface area contributed by atoms with E-state index in [0.717, 1.165) is 28.1 Å². The maximum absolute atomic E-state index is 4.60. The predicted molar refractivity (Wildman–Crippen MR) is 82.2 cm³/mol. The van der Waals surface area contributed by atoms with Crippen LogP contribution in [-0.2, 0) is 13.1 Å². The van der Waals surface area contributed by atoms with E-state index in [4.69, 9.17) is 0 Å². The summed E-state index contributed by atoms with van der Waals surface area (Å²) in [5, 5.41) is 6.68. The number of benzene rings is 1. The third-order valence-electron chi connectivity index (χ3n) is 2.54. The van der Waals surface area contributed by atoms with Crippen molar-refractivity contribution in [2.24, 2.45) is 0 Å². The second kappa shape index (κ2) is 5.48. The van der Waals surface area contributed by atoms with Gasteiger partial charge in [0.2, 0.25) is 0 Å². The smallest absolute Gasteiger partial charge is 0.108 e. The van der Waals surface area contributed by atoms with Crippen molar-refractivity contribution in [1.82, 2.24) is 10.3 Å². The third-order valence-corrected chi connectivity index (χ3v) is 5.27. The number of rotatable bonds is 4. The van der Waals surface area contributed by atoms with Crippen molar-refractivity contribution in [3.05, 3.63) is 50.1 Å². The van der Waals surface area contributed by atoms with E-state index < -0.39 is 0 Å². The number of thiophene rings is 1. The van der Waals surface area contributed by atoms with Gasteiger partial charge in [0.05, 0.1) is 10.2 Å². The number of hydrogen-bond acceptors (Lipinski definition) is 4. The molecule has 1 aromatic carbocycles. The van der Waals surface area contributed by atoms with Gasteiger partial charge in [-0.2, -0.15) is 0 Å². The molecule has 0 spiro atoms. The molecule has 0 aliphatic heterocycles. The fraction of sp³-hybridized carbons (Fsp3) is 0.154. The van der Waals surface area contributed by atoms with Crippen LogP contribution in [0.3, 0.4) is 0 Å². The normalized spacial score (nSPS) is 11.2. The van der Waals surface area contributed by atoms with Gasteiger partial charge in [0, 0.05) is 27.8 Å². The van der Waals surface area contributed by atoms with Gasteiger partial charge in [-0.05, 0) is 34.1 Å². The van der Waals surface area contributed by atoms with Crippen LogP contribution in [0.1, 0.15) is 9.88 Å². The lowest BCUT2D eigenvalue weighted by Crippen LogP contribution is -2.11. The van der Waals surface area contributed by atoms with Gasteiger partial charge in [-0.25, -0.2) is 4.98 Å². The minimum Gasteiger partial charge on any atom is -0.306 e. The van der Waals surface area contributed by atoms with Crippen molar-refractivity contribution in [2.75, 3.05) is 0 Å². The van der Waals surface area contributed by atoms with Gasteiger partial charge in [0.25, 0.3) is 0 Å². The molecule has 5 heteroatoms. The molecule has 0 aliphatic rings. The summed E-state index contributed by atoms with van der Waals surface area (Å²) >= 11 is 6.99. The van der Waals surface area contributed by atoms with Crippen LogP contribution in [0.5, 0.6) is 0 Å². The summed E-state index contributed by atoms with van der Waals surface area (Å²) < 4.78 is 2.41. The second-order valence-corrected chi connectivity index (χ2v) is 6.94. The SMILES string of the molecule is Brc1csc(CNCc2nc3ccccc3s2)c1. The van der Waals surface area contributed by atoms with E-state index in [-0.39, 0.29) is 0 Å². The number of fused-ring (bicyclic) bond motifs is 1. The van der Waals surface area contributed by atoms with Gasteiger partial charge < -0.3 is 5.32 Å². The molecule has 18 heavy (non-hydrogen) atoms. The van der Waals surface area contributed by atoms with Crippen LogP contribution >= 0.6 is 38.6 Å². The van der Waals surface area contributed by atoms with Crippen LogP contribution in [0.4, 0.5) is 0 Å². The van der Waals surface area contributed by atoms with E-state index in [2.05, 4.69) is 55.9 Å². The first kappa shape index (κ1) is 12.3. The minimum absolute atomic E-state index is 0.828. The van der Waals surface area contributed by atoms with Crippen molar-refractivity contribution in [3.63, 3.8) is 0 Å². The lowest BCUT2D eigenvalue weighted by molar-refractivity contribution is 0.698. The highest BCUT2D eigenvalue weighted by atomic mass is 79.9. The van der Waals surface area contributed by atoms with Crippen molar-refractivity contribution in [3.8, 4) is 0 Å². The lowest BCUT2D eigenvalue weighted by atomic mass is 10.3. The molecule has 0 saturated heterocycles. The number of thiazole rings is 1. The zero-order valence-corrected chi connectivity index (χ0v) is 12.7. The van der Waals surface area contributed by atoms with Gasteiger partial charge >= 0.3 is 0 Å². The molecule has 0 atom stereocenters. The Kier molecular flexibility index (Phi) is 3.75. The first-order valence-electron chi connectivity index (χ1n) is 5.59. The average molecular weight is 339 g/mol. The molecule has 3 aromatic rings. The molecular formula is C13H11BrN2S2. The first-order valence-corrected chi connectivity index (χ1v) is 8.08. The van der Waals surface area contributed by atoms with E-state index in [0.29, 0.717) is 0 Å². The number of nitrogens with one attached hydrogen (secondary N) is 1. The molecule has 0 unspecified atom stereocenters. The van der Waals surface area contributed by atoms with Crippen LogP contribution in [0.2, 0.25) is 0 Å². The lowest BCUT2D eigenvalue weighted by Gasteiger charge is -1.98. The Morgan fingerprint density at radius 1 is 1.22 bits per heavy atom. The molecule has 0 saturated carbocycles. The highest BCUT2D eigenvalue weighted by molar-refractivity contribution is 9.10. The van der Waals surface area contributed by atoms with Crippen molar-refractivity contribution in [1.29, 1.82) is 0 Å². The van der Waals surface area contributed by atoms with E-state index in [1.165, 1.54) is 9.58 Å². The summed E-state index contributed by atoms with van der Waals surface area (Å²) in [7, 11) is 0. The average Bonchev–Trinajstić information content (AvgIpc) is 2.95. The van der Waals surface area contributed by atoms with E-state index >= 15 is 0 Å². The molecule has 2 aromatic heterocycles. The number of hydrogen-bond donors (Lipinski definition) is 1. The molecule has 0 radical (unpaired) electrons. The summed E-state index contributed by atoms with van der Waals surface area (Å²) in [5.74, 6) is 0. The summed E-state index contributed by atoms with van der Waals surface area (Å²) in [6.07, 6.45) is 0. The Bertz CT molecular complexity index is 627. The number of para-hydroxylation sites is 1. The largest absolute Gasteiger partial charge is 0.306 e. The summed E-state index contributed by atoms with van der Waals surface area (Å²) in [5.41, 5.74) is 1.10. The fourth-order valence-electron chi connectivity index (χ4n) is 1.73. The van der Waals surface area contributed by atoms with Crippen LogP contribution in [-0.4, -0.2) is 4.98 Å². The van der Waals surface area contributed by atoms with Crippen LogP contribution in [0.15, 0.2) is 40.2 Å². The molecule has 3 rings (SSSR count). The van der Waals surface area contributed by atoms with Gasteiger partial charge in [-0.1, -0.05) is 12.1 Å². The van der Waals surface area contributed by atoms with Crippen molar-refractivity contribution < 1.29 is 0 Å². The number of halogens is 1. The maximum Gasteiger partial charge on any atom is 0.108 e. The topological polar surface area (TPSA) is 24.9 Å². The summed E-state index contributed by atoms with van der Waals surface area (Å²) in [6.45, 7) is 1.72. The van der Waals surface area contributed by atoms with Gasteiger partial charge in [0.15, 0.2) is 0 Å².